The van der Waals surface area contributed by atoms with Crippen LogP contribution in [0.1, 0.15) is 143 Å². The van der Waals surface area contributed by atoms with Crippen LogP contribution in [-0.2, 0) is 49.6 Å². The molecule has 2 aromatic heterocycles. The fraction of sp³-hybridized carbons (Fsp3) is 0.542. The van der Waals surface area contributed by atoms with Gasteiger partial charge in [-0.2, -0.15) is 15.8 Å². The van der Waals surface area contributed by atoms with Crippen molar-refractivity contribution in [1.29, 1.82) is 15.8 Å². The lowest BCUT2D eigenvalue weighted by molar-refractivity contribution is -0.137. The maximum Gasteiger partial charge on any atom is 0.410 e. The van der Waals surface area contributed by atoms with Gasteiger partial charge in [0, 0.05) is 90.6 Å². The van der Waals surface area contributed by atoms with E-state index >= 15 is 0 Å². The number of piperidine rings is 1. The molecule has 0 radical (unpaired) electrons. The van der Waals surface area contributed by atoms with Crippen LogP contribution in [0.2, 0.25) is 0 Å². The number of nitriles is 3. The molecule has 5 aromatic rings. The molecule has 11 amide bonds. The summed E-state index contributed by atoms with van der Waals surface area (Å²) in [6, 6.07) is 22.3. The topological polar surface area (TPSA) is 424 Å². The number of imide groups is 1. The Bertz CT molecular complexity index is 4750. The normalized spacial score (nSPS) is 27.7. The summed E-state index contributed by atoms with van der Waals surface area (Å²) >= 11 is 0. The van der Waals surface area contributed by atoms with Crippen LogP contribution in [-0.4, -0.2) is 181 Å². The number of amides is 11. The molecular weight excluding hydrogens is 1450 g/mol. The first kappa shape index (κ1) is 78.4. The minimum atomic E-state index is -1.45. The van der Waals surface area contributed by atoms with E-state index in [2.05, 4.69) is 69.5 Å². The smallest absolute Gasteiger partial charge is 0.410 e. The van der Waals surface area contributed by atoms with Gasteiger partial charge in [0.2, 0.25) is 41.4 Å². The molecule has 30 heteroatoms. The zero-order valence-corrected chi connectivity index (χ0v) is 64.2. The predicted octanol–water partition coefficient (Wildman–Crippen LogP) is 5.95. The number of likely N-dealkylation sites (tertiary alicyclic amines) is 2. The molecule has 16 atom stereocenters. The van der Waals surface area contributed by atoms with Gasteiger partial charge < -0.3 is 71.2 Å². The number of aromatic nitrogens is 2. The van der Waals surface area contributed by atoms with Crippen molar-refractivity contribution in [1.82, 2.24) is 62.3 Å². The zero-order chi connectivity index (χ0) is 79.7. The van der Waals surface area contributed by atoms with Crippen LogP contribution < -0.4 is 56.9 Å². The van der Waals surface area contributed by atoms with E-state index in [0.29, 0.717) is 115 Å². The largest absolute Gasteiger partial charge is 0.496 e. The van der Waals surface area contributed by atoms with Gasteiger partial charge in [-0.1, -0.05) is 38.1 Å². The highest BCUT2D eigenvalue weighted by atomic mass is 16.6. The number of aromatic amines is 2. The number of anilines is 1. The molecule has 5 saturated heterocycles. The molecule has 1 spiro atoms. The predicted molar refractivity (Wildman–Crippen MR) is 409 cm³/mol. The van der Waals surface area contributed by atoms with Crippen molar-refractivity contribution in [3.05, 3.63) is 101 Å². The number of hydrogen-bond acceptors (Lipinski definition) is 18. The summed E-state index contributed by atoms with van der Waals surface area (Å²) in [6.07, 6.45) is 7.48. The summed E-state index contributed by atoms with van der Waals surface area (Å²) in [5, 5.41) is 56.2. The number of methoxy groups -OCH3 is 2. The van der Waals surface area contributed by atoms with Crippen molar-refractivity contribution in [3.63, 3.8) is 0 Å². The van der Waals surface area contributed by atoms with E-state index in [1.54, 1.807) is 71.6 Å². The van der Waals surface area contributed by atoms with E-state index in [0.717, 1.165) is 25.9 Å². The van der Waals surface area contributed by atoms with Gasteiger partial charge in [-0.25, -0.2) is 4.79 Å². The first-order valence-electron chi connectivity index (χ1n) is 39.6. The minimum Gasteiger partial charge on any atom is -0.496 e. The Morgan fingerprint density at radius 2 is 1.38 bits per heavy atom. The van der Waals surface area contributed by atoms with Gasteiger partial charge in [-0.05, 0) is 205 Å². The molecule has 2 bridgehead atoms. The van der Waals surface area contributed by atoms with Crippen LogP contribution in [0, 0.1) is 98.6 Å². The molecule has 5 saturated carbocycles. The second-order valence-corrected chi connectivity index (χ2v) is 33.2. The number of benzene rings is 3. The fourth-order valence-corrected chi connectivity index (χ4v) is 19.7. The number of nitrogens with one attached hydrogen (secondary N) is 10. The molecule has 3 aromatic carbocycles. The van der Waals surface area contributed by atoms with E-state index in [9.17, 15) is 68.5 Å². The number of fused-ring (bicyclic) bond motifs is 4. The molecule has 10 N–H and O–H groups in total. The Hall–Kier alpha value is -11.3. The van der Waals surface area contributed by atoms with Crippen LogP contribution in [0.15, 0.2) is 84.4 Å². The molecular formula is C83H98N16O14. The highest BCUT2D eigenvalue weighted by molar-refractivity contribution is 6.07. The molecule has 7 heterocycles. The number of rotatable bonds is 27. The van der Waals surface area contributed by atoms with Gasteiger partial charge >= 0.3 is 6.09 Å². The van der Waals surface area contributed by atoms with Gasteiger partial charge in [0.15, 0.2) is 0 Å². The van der Waals surface area contributed by atoms with Crippen molar-refractivity contribution in [2.24, 2.45) is 64.6 Å². The summed E-state index contributed by atoms with van der Waals surface area (Å²) in [7, 11) is 5.07. The van der Waals surface area contributed by atoms with Gasteiger partial charge in [0.1, 0.15) is 70.3 Å². The lowest BCUT2D eigenvalue weighted by Crippen LogP contribution is -2.66. The number of hydrogen-bond donors (Lipinski definition) is 10. The zero-order valence-electron chi connectivity index (χ0n) is 64.2. The third kappa shape index (κ3) is 16.5. The van der Waals surface area contributed by atoms with Crippen molar-refractivity contribution < 1.29 is 67.0 Å². The number of nitrogens with zero attached hydrogens (tertiary/aromatic N) is 6. The Labute approximate surface area is 654 Å². The van der Waals surface area contributed by atoms with Crippen LogP contribution in [0.25, 0.3) is 21.8 Å². The van der Waals surface area contributed by atoms with Crippen LogP contribution in [0.4, 0.5) is 10.5 Å². The molecule has 10 fully saturated rings. The monoisotopic (exact) mass is 1540 g/mol. The Morgan fingerprint density at radius 1 is 0.699 bits per heavy atom. The highest BCUT2D eigenvalue weighted by Gasteiger charge is 2.65. The molecule has 10 aliphatic rings. The summed E-state index contributed by atoms with van der Waals surface area (Å²) in [6.45, 7) is 6.21. The molecule has 113 heavy (non-hydrogen) atoms. The number of H-pyrrole nitrogens is 2. The Morgan fingerprint density at radius 3 is 2.02 bits per heavy atom. The highest BCUT2D eigenvalue weighted by Crippen LogP contribution is 2.60. The van der Waals surface area contributed by atoms with E-state index in [1.807, 2.05) is 33.0 Å². The number of carbonyl (C=O) groups is 11. The van der Waals surface area contributed by atoms with Gasteiger partial charge in [0.25, 0.3) is 17.7 Å². The summed E-state index contributed by atoms with van der Waals surface area (Å²) < 4.78 is 17.2. The van der Waals surface area contributed by atoms with E-state index in [1.165, 1.54) is 25.2 Å². The Kier molecular flexibility index (Phi) is 22.7. The molecule has 30 nitrogen and oxygen atoms in total. The summed E-state index contributed by atoms with van der Waals surface area (Å²) in [5.74, 6) is -6.84. The van der Waals surface area contributed by atoms with Crippen LogP contribution in [0.5, 0.6) is 11.5 Å². The van der Waals surface area contributed by atoms with Crippen molar-refractivity contribution in [2.75, 3.05) is 58.9 Å². The SMILES string of the molecule is COc1cccc2[nH]c(C(=O)NC(CC3CC3C3CCC4(C3)CC(C(=O)NC(C#N)CC3CCN(c5ccc(CNC(=O)/C(C#N)=C\[C@H](C[C@@H]6CCNC6=O)NC(=O)[C@H](CC(C)C)NC(=O)c6cc7c(OC)cccc7[nH]6)cc5)C3=O)N(C(=O)OC3CCN(C)CC3)C4)C(=O)NC3(C#N)CC4CCC3C3C(=O)NC(=O)C43)cc12. The van der Waals surface area contributed by atoms with Crippen LogP contribution >= 0.6 is 0 Å². The maximum absolute atomic E-state index is 14.9. The number of ether oxygens (including phenoxy) is 3. The minimum absolute atomic E-state index is 0.00279. The van der Waals surface area contributed by atoms with Crippen molar-refractivity contribution in [2.45, 2.75) is 165 Å². The fourth-order valence-electron chi connectivity index (χ4n) is 19.7. The third-order valence-corrected chi connectivity index (χ3v) is 25.5. The van der Waals surface area contributed by atoms with E-state index in [-0.39, 0.29) is 116 Å². The first-order valence-corrected chi connectivity index (χ1v) is 39.6. The average molecular weight is 1540 g/mol. The second kappa shape index (κ2) is 32.8. The second-order valence-electron chi connectivity index (χ2n) is 33.2. The lowest BCUT2D eigenvalue weighted by Gasteiger charge is -2.52. The van der Waals surface area contributed by atoms with Gasteiger partial charge in [-0.3, -0.25) is 58.2 Å². The van der Waals surface area contributed by atoms with Gasteiger partial charge in [-0.15, -0.1) is 0 Å². The third-order valence-electron chi connectivity index (χ3n) is 25.5. The lowest BCUT2D eigenvalue weighted by atomic mass is 9.52. The molecule has 5 aliphatic heterocycles. The summed E-state index contributed by atoms with van der Waals surface area (Å²) in [5.41, 5.74) is 0.644. The number of carbonyl (C=O) groups excluding carboxylic acids is 11. The Balaban J connectivity index is 0.601. The quantitative estimate of drug-likeness (QED) is 0.0165. The van der Waals surface area contributed by atoms with E-state index < -0.39 is 118 Å². The molecule has 5 aliphatic carbocycles. The van der Waals surface area contributed by atoms with Crippen molar-refractivity contribution >= 4 is 92.7 Å². The van der Waals surface area contributed by atoms with Crippen LogP contribution in [0.3, 0.4) is 0 Å². The first-order chi connectivity index (χ1) is 54.4. The summed E-state index contributed by atoms with van der Waals surface area (Å²) in [4.78, 5) is 165. The standard InChI is InChI=1S/C83H98N16O14/c1-44(2)28-62(93-74(103)64-34-57-60(91-64)8-6-10-67(57)111-4)73(102)89-52(29-46-19-24-87-71(46)100)31-51(39-84)72(101)88-41-45-12-15-54(16-13-45)98-27-20-47(80(98)109)30-53(40-85)90-77(106)66-38-82(43-99(66)81(110)113-55-21-25-97(3)26-22-55)23-18-48(36-82)56-32-50(56)33-63(94-75(104)65-35-58-61(92-65)9-7-11-68(58)112-5)76(105)96-83(42-86)37-49-14-17-59(83)70-69(49)78(107)95-79(70)108/h6-13,15-16,31,34-35,44,46-50,52-53,55-56,59,62-63,66,69-70,91-92H,14,17-30,32-33,36-38,41,43H2,1-5H3,(H,87,100)(H,88,101)(H,89,102)(H,90,106)(H,93,103)(H,94,104)(H,96,105)(H,95,107,108)/b51-31-/t46-,47?,48?,49?,50?,52-,53?,56?,59?,62-,63?,66?,69?,70?,82?,83?/m0/s1. The maximum atomic E-state index is 14.9. The van der Waals surface area contributed by atoms with Gasteiger partial charge in [0.05, 0.1) is 38.2 Å². The molecule has 15 rings (SSSR count). The average Bonchev–Trinajstić information content (AvgIpc) is 1.65. The van der Waals surface area contributed by atoms with Crippen molar-refractivity contribution in [3.8, 4) is 29.7 Å². The molecule has 13 unspecified atom stereocenters. The molecule has 594 valence electrons. The van der Waals surface area contributed by atoms with E-state index in [4.69, 9.17) is 14.2 Å².